The molecule has 0 N–H and O–H groups in total. The predicted molar refractivity (Wildman–Crippen MR) is 79.2 cm³/mol. The fraction of sp³-hybridized carbons (Fsp3) is 1.00. The van der Waals surface area contributed by atoms with Gasteiger partial charge in [0.15, 0.2) is 0 Å². The topological polar surface area (TPSA) is 0 Å². The minimum atomic E-state index is 0.380. The van der Waals surface area contributed by atoms with Gasteiger partial charge in [-0.2, -0.15) is 0 Å². The Morgan fingerprint density at radius 2 is 1.76 bits per heavy atom. The van der Waals surface area contributed by atoms with Crippen LogP contribution in [0.5, 0.6) is 0 Å². The molecule has 1 unspecified atom stereocenters. The minimum absolute atomic E-state index is 0.380. The van der Waals surface area contributed by atoms with Gasteiger partial charge in [-0.25, -0.2) is 0 Å². The van der Waals surface area contributed by atoms with Crippen LogP contribution in [-0.4, -0.2) is 11.3 Å². The summed E-state index contributed by atoms with van der Waals surface area (Å²) in [6.07, 6.45) is 13.4. The van der Waals surface area contributed by atoms with Gasteiger partial charge in [-0.1, -0.05) is 45.4 Å². The molecule has 1 aliphatic carbocycles. The first kappa shape index (κ1) is 15.6. The van der Waals surface area contributed by atoms with Crippen LogP contribution < -0.4 is 0 Å². The maximum atomic E-state index is 6.45. The first-order chi connectivity index (χ1) is 8.27. The largest absolute Gasteiger partial charge is 0.127 e. The van der Waals surface area contributed by atoms with Crippen molar-refractivity contribution in [2.24, 2.45) is 11.8 Å². The number of alkyl halides is 2. The molecule has 0 saturated heterocycles. The van der Waals surface area contributed by atoms with Crippen molar-refractivity contribution < 1.29 is 0 Å². The van der Waals surface area contributed by atoms with Gasteiger partial charge in [-0.05, 0) is 37.5 Å². The molecule has 1 saturated carbocycles. The molecule has 17 heavy (non-hydrogen) atoms. The Labute approximate surface area is 117 Å². The average molecular weight is 279 g/mol. The summed E-state index contributed by atoms with van der Waals surface area (Å²) in [4.78, 5) is 0. The molecule has 2 heteroatoms. The maximum Gasteiger partial charge on any atom is 0.0364 e. The van der Waals surface area contributed by atoms with E-state index in [2.05, 4.69) is 6.92 Å². The predicted octanol–water partition coefficient (Wildman–Crippen LogP) is 6.00. The van der Waals surface area contributed by atoms with Crippen molar-refractivity contribution in [3.63, 3.8) is 0 Å². The summed E-state index contributed by atoms with van der Waals surface area (Å²) >= 11 is 12.2. The highest BCUT2D eigenvalue weighted by atomic mass is 35.5. The molecule has 0 heterocycles. The zero-order valence-corrected chi connectivity index (χ0v) is 12.8. The lowest BCUT2D eigenvalue weighted by molar-refractivity contribution is 0.249. The highest BCUT2D eigenvalue weighted by Gasteiger charge is 2.25. The van der Waals surface area contributed by atoms with E-state index in [4.69, 9.17) is 23.2 Å². The van der Waals surface area contributed by atoms with Crippen LogP contribution in [0.2, 0.25) is 0 Å². The molecule has 0 radical (unpaired) electrons. The highest BCUT2D eigenvalue weighted by Crippen LogP contribution is 2.36. The van der Waals surface area contributed by atoms with Crippen molar-refractivity contribution in [1.82, 2.24) is 0 Å². The molecule has 0 amide bonds. The van der Waals surface area contributed by atoms with Gasteiger partial charge in [-0.3, -0.25) is 0 Å². The van der Waals surface area contributed by atoms with Crippen molar-refractivity contribution in [3.8, 4) is 0 Å². The quantitative estimate of drug-likeness (QED) is 0.377. The zero-order valence-electron chi connectivity index (χ0n) is 11.3. The van der Waals surface area contributed by atoms with Crippen LogP contribution in [0, 0.1) is 11.8 Å². The molecule has 1 rings (SSSR count). The van der Waals surface area contributed by atoms with Crippen molar-refractivity contribution in [2.75, 3.05) is 5.88 Å². The van der Waals surface area contributed by atoms with E-state index in [1.54, 1.807) is 0 Å². The minimum Gasteiger partial charge on any atom is -0.127 e. The van der Waals surface area contributed by atoms with E-state index in [-0.39, 0.29) is 0 Å². The third-order valence-corrected chi connectivity index (χ3v) is 5.07. The summed E-state index contributed by atoms with van der Waals surface area (Å²) in [5, 5.41) is 0.380. The molecule has 0 spiro atoms. The second kappa shape index (κ2) is 9.50. The first-order valence-corrected chi connectivity index (χ1v) is 8.45. The normalized spacial score (nSPS) is 27.0. The molecular weight excluding hydrogens is 251 g/mol. The fourth-order valence-electron chi connectivity index (χ4n) is 3.03. The third kappa shape index (κ3) is 6.34. The second-order valence-electron chi connectivity index (χ2n) is 5.62. The van der Waals surface area contributed by atoms with Crippen LogP contribution >= 0.6 is 23.2 Å². The van der Waals surface area contributed by atoms with E-state index < -0.39 is 0 Å². The van der Waals surface area contributed by atoms with E-state index in [0.29, 0.717) is 5.38 Å². The summed E-state index contributed by atoms with van der Waals surface area (Å²) in [5.41, 5.74) is 0. The maximum absolute atomic E-state index is 6.45. The molecule has 1 atom stereocenters. The van der Waals surface area contributed by atoms with Gasteiger partial charge in [-0.15, -0.1) is 23.2 Å². The molecule has 0 aromatic rings. The van der Waals surface area contributed by atoms with E-state index in [1.807, 2.05) is 0 Å². The van der Waals surface area contributed by atoms with Crippen LogP contribution in [-0.2, 0) is 0 Å². The molecule has 0 bridgehead atoms. The number of unbranched alkanes of at least 4 members (excludes halogenated alkanes) is 2. The summed E-state index contributed by atoms with van der Waals surface area (Å²) in [6, 6.07) is 0. The van der Waals surface area contributed by atoms with Crippen LogP contribution in [0.25, 0.3) is 0 Å². The van der Waals surface area contributed by atoms with Gasteiger partial charge >= 0.3 is 0 Å². The second-order valence-corrected chi connectivity index (χ2v) is 6.56. The van der Waals surface area contributed by atoms with Crippen molar-refractivity contribution in [1.29, 1.82) is 0 Å². The lowest BCUT2D eigenvalue weighted by atomic mass is 9.78. The Morgan fingerprint density at radius 1 is 1.06 bits per heavy atom. The van der Waals surface area contributed by atoms with E-state index in [0.717, 1.165) is 30.6 Å². The SMILES string of the molecule is CCCCC[C@H]1CC[C@H](C(Cl)CCCCl)CC1. The van der Waals surface area contributed by atoms with Gasteiger partial charge in [0.05, 0.1) is 0 Å². The Kier molecular flexibility index (Phi) is 8.74. The molecular formula is C15H28Cl2. The molecule has 0 aromatic heterocycles. The average Bonchev–Trinajstić information content (AvgIpc) is 2.37. The Balaban J connectivity index is 2.12. The monoisotopic (exact) mass is 278 g/mol. The van der Waals surface area contributed by atoms with Gasteiger partial charge in [0, 0.05) is 11.3 Å². The third-order valence-electron chi connectivity index (χ3n) is 4.23. The zero-order chi connectivity index (χ0) is 12.5. The van der Waals surface area contributed by atoms with E-state index >= 15 is 0 Å². The van der Waals surface area contributed by atoms with Crippen molar-refractivity contribution in [2.45, 2.75) is 76.5 Å². The Bertz CT molecular complexity index is 174. The van der Waals surface area contributed by atoms with Crippen molar-refractivity contribution in [3.05, 3.63) is 0 Å². The van der Waals surface area contributed by atoms with Crippen LogP contribution in [0.1, 0.15) is 71.1 Å². The van der Waals surface area contributed by atoms with Gasteiger partial charge in [0.1, 0.15) is 0 Å². The molecule has 0 aliphatic heterocycles. The van der Waals surface area contributed by atoms with Crippen LogP contribution in [0.4, 0.5) is 0 Å². The Hall–Kier alpha value is 0.580. The highest BCUT2D eigenvalue weighted by molar-refractivity contribution is 6.21. The number of rotatable bonds is 8. The van der Waals surface area contributed by atoms with Gasteiger partial charge in [0.2, 0.25) is 0 Å². The lowest BCUT2D eigenvalue weighted by Gasteiger charge is -2.31. The standard InChI is InChI=1S/C15H28Cl2/c1-2-3-4-6-13-8-10-14(11-9-13)15(17)7-5-12-16/h13-15H,2-12H2,1H3/t13-,14-,15?. The first-order valence-electron chi connectivity index (χ1n) is 7.48. The summed E-state index contributed by atoms with van der Waals surface area (Å²) in [7, 11) is 0. The fourth-order valence-corrected chi connectivity index (χ4v) is 3.59. The van der Waals surface area contributed by atoms with E-state index in [1.165, 1.54) is 51.4 Å². The number of halogens is 2. The smallest absolute Gasteiger partial charge is 0.0364 e. The molecule has 0 nitrogen and oxygen atoms in total. The molecule has 1 fully saturated rings. The van der Waals surface area contributed by atoms with Gasteiger partial charge in [0.25, 0.3) is 0 Å². The summed E-state index contributed by atoms with van der Waals surface area (Å²) in [5.74, 6) is 2.52. The molecule has 1 aliphatic rings. The molecule has 0 aromatic carbocycles. The summed E-state index contributed by atoms with van der Waals surface area (Å²) in [6.45, 7) is 2.28. The Morgan fingerprint density at radius 3 is 2.35 bits per heavy atom. The van der Waals surface area contributed by atoms with Crippen LogP contribution in [0.15, 0.2) is 0 Å². The van der Waals surface area contributed by atoms with E-state index in [9.17, 15) is 0 Å². The number of hydrogen-bond donors (Lipinski definition) is 0. The van der Waals surface area contributed by atoms with Crippen LogP contribution in [0.3, 0.4) is 0 Å². The molecule has 102 valence electrons. The number of hydrogen-bond acceptors (Lipinski definition) is 0. The summed E-state index contributed by atoms with van der Waals surface area (Å²) < 4.78 is 0. The van der Waals surface area contributed by atoms with Crippen molar-refractivity contribution >= 4 is 23.2 Å². The van der Waals surface area contributed by atoms with Gasteiger partial charge < -0.3 is 0 Å². The lowest BCUT2D eigenvalue weighted by Crippen LogP contribution is -2.22.